The molecule has 0 bridgehead atoms. The van der Waals surface area contributed by atoms with Crippen LogP contribution in [-0.2, 0) is 6.54 Å². The van der Waals surface area contributed by atoms with Gasteiger partial charge in [-0.05, 0) is 63.0 Å². The lowest BCUT2D eigenvalue weighted by Crippen LogP contribution is -2.36. The molecule has 1 atom stereocenters. The number of hydrogen-bond donors (Lipinski definition) is 1. The Labute approximate surface area is 123 Å². The largest absolute Gasteiger partial charge is 0.494 e. The van der Waals surface area contributed by atoms with Gasteiger partial charge in [0.2, 0.25) is 0 Å². The third-order valence-corrected chi connectivity index (χ3v) is 3.79. The predicted octanol–water partition coefficient (Wildman–Crippen LogP) is 2.91. The van der Waals surface area contributed by atoms with Gasteiger partial charge in [-0.2, -0.15) is 0 Å². The van der Waals surface area contributed by atoms with E-state index in [1.54, 1.807) is 0 Å². The van der Waals surface area contributed by atoms with Crippen LogP contribution in [0.3, 0.4) is 0 Å². The minimum Gasteiger partial charge on any atom is -0.494 e. The number of ether oxygens (including phenoxy) is 1. The SMILES string of the molecule is CCCOc1cccc(CN(C)CC2CCCNC2)c1. The average Bonchev–Trinajstić information content (AvgIpc) is 2.46. The minimum atomic E-state index is 0.799. The molecule has 1 saturated heterocycles. The molecule has 1 aromatic rings. The molecular weight excluding hydrogens is 248 g/mol. The summed E-state index contributed by atoms with van der Waals surface area (Å²) in [5, 5.41) is 3.49. The highest BCUT2D eigenvalue weighted by atomic mass is 16.5. The van der Waals surface area contributed by atoms with Crippen molar-refractivity contribution in [3.05, 3.63) is 29.8 Å². The molecule has 0 amide bonds. The lowest BCUT2D eigenvalue weighted by Gasteiger charge is -2.27. The molecule has 1 aromatic carbocycles. The summed E-state index contributed by atoms with van der Waals surface area (Å²) in [6, 6.07) is 8.50. The van der Waals surface area contributed by atoms with Gasteiger partial charge in [-0.1, -0.05) is 19.1 Å². The van der Waals surface area contributed by atoms with Crippen molar-refractivity contribution in [3.63, 3.8) is 0 Å². The Kier molecular flexibility index (Phi) is 6.34. The van der Waals surface area contributed by atoms with E-state index < -0.39 is 0 Å². The van der Waals surface area contributed by atoms with Crippen LogP contribution in [0, 0.1) is 5.92 Å². The Bertz CT molecular complexity index is 388. The lowest BCUT2D eigenvalue weighted by molar-refractivity contribution is 0.237. The third kappa shape index (κ3) is 5.14. The van der Waals surface area contributed by atoms with Crippen molar-refractivity contribution in [3.8, 4) is 5.75 Å². The van der Waals surface area contributed by atoms with Crippen LogP contribution in [0.2, 0.25) is 0 Å². The number of hydrogen-bond acceptors (Lipinski definition) is 3. The van der Waals surface area contributed by atoms with Gasteiger partial charge in [0, 0.05) is 13.1 Å². The smallest absolute Gasteiger partial charge is 0.119 e. The van der Waals surface area contributed by atoms with Crippen LogP contribution in [0.25, 0.3) is 0 Å². The summed E-state index contributed by atoms with van der Waals surface area (Å²) in [4.78, 5) is 2.43. The fourth-order valence-electron chi connectivity index (χ4n) is 2.85. The van der Waals surface area contributed by atoms with Crippen molar-refractivity contribution in [1.29, 1.82) is 0 Å². The van der Waals surface area contributed by atoms with Crippen molar-refractivity contribution in [1.82, 2.24) is 10.2 Å². The Balaban J connectivity index is 1.81. The Hall–Kier alpha value is -1.06. The van der Waals surface area contributed by atoms with E-state index in [2.05, 4.69) is 42.4 Å². The monoisotopic (exact) mass is 276 g/mol. The molecule has 0 saturated carbocycles. The van der Waals surface area contributed by atoms with Crippen LogP contribution < -0.4 is 10.1 Å². The number of piperidine rings is 1. The normalized spacial score (nSPS) is 19.2. The summed E-state index contributed by atoms with van der Waals surface area (Å²) >= 11 is 0. The molecule has 0 aliphatic carbocycles. The number of rotatable bonds is 7. The molecular formula is C17H28N2O. The zero-order chi connectivity index (χ0) is 14.2. The van der Waals surface area contributed by atoms with E-state index in [-0.39, 0.29) is 0 Å². The van der Waals surface area contributed by atoms with Gasteiger partial charge in [0.15, 0.2) is 0 Å². The number of nitrogens with one attached hydrogen (secondary N) is 1. The van der Waals surface area contributed by atoms with E-state index in [4.69, 9.17) is 4.74 Å². The Morgan fingerprint density at radius 2 is 2.30 bits per heavy atom. The highest BCUT2D eigenvalue weighted by molar-refractivity contribution is 5.28. The van der Waals surface area contributed by atoms with Crippen molar-refractivity contribution >= 4 is 0 Å². The number of benzene rings is 1. The van der Waals surface area contributed by atoms with Crippen LogP contribution in [0.4, 0.5) is 0 Å². The van der Waals surface area contributed by atoms with Gasteiger partial charge in [0.25, 0.3) is 0 Å². The average molecular weight is 276 g/mol. The second kappa shape index (κ2) is 8.28. The van der Waals surface area contributed by atoms with Crippen molar-refractivity contribution in [2.24, 2.45) is 5.92 Å². The predicted molar refractivity (Wildman–Crippen MR) is 84.2 cm³/mol. The lowest BCUT2D eigenvalue weighted by atomic mass is 9.99. The molecule has 3 nitrogen and oxygen atoms in total. The van der Waals surface area contributed by atoms with Crippen LogP contribution in [0.15, 0.2) is 24.3 Å². The van der Waals surface area contributed by atoms with Gasteiger partial charge in [0.1, 0.15) is 5.75 Å². The molecule has 0 aromatic heterocycles. The molecule has 1 aliphatic rings. The van der Waals surface area contributed by atoms with E-state index >= 15 is 0 Å². The molecule has 1 heterocycles. The van der Waals surface area contributed by atoms with Gasteiger partial charge >= 0.3 is 0 Å². The van der Waals surface area contributed by atoms with E-state index in [0.29, 0.717) is 0 Å². The van der Waals surface area contributed by atoms with E-state index in [1.807, 2.05) is 6.07 Å². The Morgan fingerprint density at radius 3 is 3.05 bits per heavy atom. The van der Waals surface area contributed by atoms with E-state index in [0.717, 1.165) is 31.2 Å². The van der Waals surface area contributed by atoms with Gasteiger partial charge < -0.3 is 15.0 Å². The third-order valence-electron chi connectivity index (χ3n) is 3.79. The molecule has 20 heavy (non-hydrogen) atoms. The molecule has 1 aliphatic heterocycles. The highest BCUT2D eigenvalue weighted by Gasteiger charge is 2.15. The maximum Gasteiger partial charge on any atom is 0.119 e. The summed E-state index contributed by atoms with van der Waals surface area (Å²) in [6.45, 7) is 7.47. The maximum atomic E-state index is 5.70. The van der Waals surface area contributed by atoms with Crippen molar-refractivity contribution in [2.45, 2.75) is 32.7 Å². The van der Waals surface area contributed by atoms with Gasteiger partial charge in [-0.25, -0.2) is 0 Å². The molecule has 0 radical (unpaired) electrons. The van der Waals surface area contributed by atoms with Gasteiger partial charge in [-0.15, -0.1) is 0 Å². The fraction of sp³-hybridized carbons (Fsp3) is 0.647. The molecule has 1 N–H and O–H groups in total. The standard InChI is InChI=1S/C17H28N2O/c1-3-10-20-17-8-4-6-15(11-17)13-19(2)14-16-7-5-9-18-12-16/h4,6,8,11,16,18H,3,5,7,9-10,12-14H2,1-2H3. The number of nitrogens with zero attached hydrogens (tertiary/aromatic N) is 1. The second-order valence-electron chi connectivity index (χ2n) is 5.90. The summed E-state index contributed by atoms with van der Waals surface area (Å²) in [5.74, 6) is 1.80. The quantitative estimate of drug-likeness (QED) is 0.829. The van der Waals surface area contributed by atoms with Gasteiger partial charge in [0.05, 0.1) is 6.61 Å². The molecule has 112 valence electrons. The first-order valence-electron chi connectivity index (χ1n) is 7.89. The maximum absolute atomic E-state index is 5.70. The zero-order valence-corrected chi connectivity index (χ0v) is 12.9. The summed E-state index contributed by atoms with van der Waals surface area (Å²) in [5.41, 5.74) is 1.34. The zero-order valence-electron chi connectivity index (χ0n) is 12.9. The second-order valence-corrected chi connectivity index (χ2v) is 5.90. The van der Waals surface area contributed by atoms with Crippen LogP contribution >= 0.6 is 0 Å². The first-order chi connectivity index (χ1) is 9.78. The first kappa shape index (κ1) is 15.3. The van der Waals surface area contributed by atoms with Crippen molar-refractivity contribution in [2.75, 3.05) is 33.3 Å². The highest BCUT2D eigenvalue weighted by Crippen LogP contribution is 2.16. The molecule has 1 fully saturated rings. The summed E-state index contributed by atoms with van der Waals surface area (Å²) in [6.07, 6.45) is 3.73. The molecule has 2 rings (SSSR count). The van der Waals surface area contributed by atoms with Gasteiger partial charge in [-0.3, -0.25) is 0 Å². The minimum absolute atomic E-state index is 0.799. The van der Waals surface area contributed by atoms with E-state index in [9.17, 15) is 0 Å². The van der Waals surface area contributed by atoms with Crippen molar-refractivity contribution < 1.29 is 4.74 Å². The topological polar surface area (TPSA) is 24.5 Å². The molecule has 3 heteroatoms. The Morgan fingerprint density at radius 1 is 1.40 bits per heavy atom. The van der Waals surface area contributed by atoms with Crippen LogP contribution in [0.5, 0.6) is 5.75 Å². The first-order valence-corrected chi connectivity index (χ1v) is 7.89. The van der Waals surface area contributed by atoms with Crippen LogP contribution in [-0.4, -0.2) is 38.2 Å². The summed E-state index contributed by atoms with van der Waals surface area (Å²) < 4.78 is 5.70. The molecule has 0 spiro atoms. The van der Waals surface area contributed by atoms with Crippen LogP contribution in [0.1, 0.15) is 31.7 Å². The fourth-order valence-corrected chi connectivity index (χ4v) is 2.85. The van der Waals surface area contributed by atoms with E-state index in [1.165, 1.54) is 38.0 Å². The summed E-state index contributed by atoms with van der Waals surface area (Å²) in [7, 11) is 2.22. The molecule has 1 unspecified atom stereocenters.